The van der Waals surface area contributed by atoms with Gasteiger partial charge in [0, 0.05) is 18.4 Å². The van der Waals surface area contributed by atoms with E-state index in [4.69, 9.17) is 4.84 Å². The molecule has 8 heteroatoms. The van der Waals surface area contributed by atoms with Gasteiger partial charge in [0.15, 0.2) is 0 Å². The maximum Gasteiger partial charge on any atom is 0.334 e. The first-order valence-electron chi connectivity index (χ1n) is 6.36. The third kappa shape index (κ3) is 7.14. The molecular formula is C13H16N2O4S2. The predicted molar refractivity (Wildman–Crippen MR) is 81.1 cm³/mol. The number of amides is 2. The van der Waals surface area contributed by atoms with E-state index in [2.05, 4.69) is 4.98 Å². The highest BCUT2D eigenvalue weighted by Gasteiger charge is 2.17. The van der Waals surface area contributed by atoms with E-state index < -0.39 is 11.9 Å². The Labute approximate surface area is 131 Å². The number of carbonyl (C=O) groups excluding carboxylic acids is 3. The maximum atomic E-state index is 11.5. The van der Waals surface area contributed by atoms with E-state index in [9.17, 15) is 14.4 Å². The van der Waals surface area contributed by atoms with Crippen LogP contribution in [0.3, 0.4) is 0 Å². The number of pyridine rings is 1. The summed E-state index contributed by atoms with van der Waals surface area (Å²) in [6.45, 7) is 1.80. The SMILES string of the molecule is CCCC(=O)N(C=O)OC(=O)CCSSc1ccccn1. The fourth-order valence-corrected chi connectivity index (χ4v) is 3.08. The van der Waals surface area contributed by atoms with Gasteiger partial charge in [-0.2, -0.15) is 0 Å². The number of hydrogen-bond donors (Lipinski definition) is 0. The molecule has 0 radical (unpaired) electrons. The number of carbonyl (C=O) groups is 3. The quantitative estimate of drug-likeness (QED) is 0.314. The molecule has 0 saturated heterocycles. The molecule has 0 saturated carbocycles. The van der Waals surface area contributed by atoms with Crippen molar-refractivity contribution < 1.29 is 19.2 Å². The van der Waals surface area contributed by atoms with Gasteiger partial charge in [0.25, 0.3) is 12.3 Å². The van der Waals surface area contributed by atoms with Crippen LogP contribution in [-0.4, -0.2) is 34.1 Å². The second-order valence-electron chi connectivity index (χ2n) is 3.86. The van der Waals surface area contributed by atoms with E-state index in [0.29, 0.717) is 17.2 Å². The van der Waals surface area contributed by atoms with Gasteiger partial charge in [0.05, 0.1) is 6.42 Å². The molecule has 6 nitrogen and oxygen atoms in total. The van der Waals surface area contributed by atoms with Crippen molar-refractivity contribution in [1.29, 1.82) is 0 Å². The molecule has 0 N–H and O–H groups in total. The van der Waals surface area contributed by atoms with Gasteiger partial charge in [-0.15, -0.1) is 5.06 Å². The van der Waals surface area contributed by atoms with Crippen LogP contribution in [0.4, 0.5) is 0 Å². The highest BCUT2D eigenvalue weighted by atomic mass is 33.1. The van der Waals surface area contributed by atoms with Gasteiger partial charge >= 0.3 is 5.97 Å². The zero-order chi connectivity index (χ0) is 15.5. The van der Waals surface area contributed by atoms with Crippen LogP contribution < -0.4 is 0 Å². The van der Waals surface area contributed by atoms with Gasteiger partial charge in [-0.05, 0) is 29.3 Å². The zero-order valence-corrected chi connectivity index (χ0v) is 13.2. The molecule has 1 rings (SSSR count). The van der Waals surface area contributed by atoms with Crippen molar-refractivity contribution in [2.24, 2.45) is 0 Å². The maximum absolute atomic E-state index is 11.5. The number of nitrogens with zero attached hydrogens (tertiary/aromatic N) is 2. The van der Waals surface area contributed by atoms with Gasteiger partial charge < -0.3 is 4.84 Å². The minimum atomic E-state index is -0.610. The molecule has 0 aliphatic rings. The van der Waals surface area contributed by atoms with Gasteiger partial charge in [0.2, 0.25) is 0 Å². The molecule has 1 aromatic rings. The minimum Gasteiger partial charge on any atom is -0.331 e. The zero-order valence-electron chi connectivity index (χ0n) is 11.6. The molecule has 0 fully saturated rings. The molecule has 2 amide bonds. The van der Waals surface area contributed by atoms with Crippen molar-refractivity contribution in [2.45, 2.75) is 31.2 Å². The fraction of sp³-hybridized carbons (Fsp3) is 0.385. The van der Waals surface area contributed by atoms with E-state index in [1.54, 1.807) is 13.1 Å². The van der Waals surface area contributed by atoms with Crippen molar-refractivity contribution >= 4 is 39.9 Å². The second-order valence-corrected chi connectivity index (χ2v) is 6.30. The molecule has 114 valence electrons. The van der Waals surface area contributed by atoms with Gasteiger partial charge in [0.1, 0.15) is 5.03 Å². The Kier molecular flexibility index (Phi) is 8.53. The highest BCUT2D eigenvalue weighted by Crippen LogP contribution is 2.29. The lowest BCUT2D eigenvalue weighted by Crippen LogP contribution is -2.32. The first-order valence-corrected chi connectivity index (χ1v) is 8.68. The van der Waals surface area contributed by atoms with Crippen LogP contribution in [0.25, 0.3) is 0 Å². The van der Waals surface area contributed by atoms with Crippen LogP contribution in [0.5, 0.6) is 0 Å². The molecule has 0 aliphatic carbocycles. The van der Waals surface area contributed by atoms with E-state index in [1.165, 1.54) is 21.6 Å². The van der Waals surface area contributed by atoms with Gasteiger partial charge in [-0.1, -0.05) is 23.8 Å². The largest absolute Gasteiger partial charge is 0.334 e. The Balaban J connectivity index is 2.24. The third-order valence-electron chi connectivity index (χ3n) is 2.18. The Hall–Kier alpha value is -1.54. The minimum absolute atomic E-state index is 0.105. The second kappa shape index (κ2) is 10.2. The summed E-state index contributed by atoms with van der Waals surface area (Å²) in [5, 5.41) is 1.31. The average molecular weight is 328 g/mol. The molecule has 0 spiro atoms. The van der Waals surface area contributed by atoms with E-state index in [1.807, 2.05) is 18.2 Å². The lowest BCUT2D eigenvalue weighted by Gasteiger charge is -2.13. The van der Waals surface area contributed by atoms with Crippen molar-refractivity contribution in [3.8, 4) is 0 Å². The van der Waals surface area contributed by atoms with Crippen LogP contribution in [0, 0.1) is 0 Å². The normalized spacial score (nSPS) is 9.95. The summed E-state index contributed by atoms with van der Waals surface area (Å²) in [6, 6.07) is 5.58. The summed E-state index contributed by atoms with van der Waals surface area (Å²) in [4.78, 5) is 42.5. The first kappa shape index (κ1) is 17.5. The lowest BCUT2D eigenvalue weighted by molar-refractivity contribution is -0.196. The summed E-state index contributed by atoms with van der Waals surface area (Å²) in [5.74, 6) is -0.633. The Morgan fingerprint density at radius 1 is 1.38 bits per heavy atom. The summed E-state index contributed by atoms with van der Waals surface area (Å²) < 4.78 is 0. The van der Waals surface area contributed by atoms with Crippen LogP contribution in [0.2, 0.25) is 0 Å². The standard InChI is InChI=1S/C13H16N2O4S2/c1-2-5-12(17)15(10-16)19-13(18)7-9-20-21-11-6-3-4-8-14-11/h3-4,6,8,10H,2,5,7,9H2,1H3. The smallest absolute Gasteiger partial charge is 0.331 e. The van der Waals surface area contributed by atoms with E-state index >= 15 is 0 Å². The fourth-order valence-electron chi connectivity index (χ4n) is 1.23. The number of aromatic nitrogens is 1. The van der Waals surface area contributed by atoms with Gasteiger partial charge in [-0.25, -0.2) is 9.78 Å². The lowest BCUT2D eigenvalue weighted by atomic mass is 10.3. The molecular weight excluding hydrogens is 312 g/mol. The van der Waals surface area contributed by atoms with Crippen molar-refractivity contribution in [3.05, 3.63) is 24.4 Å². The van der Waals surface area contributed by atoms with Crippen molar-refractivity contribution in [1.82, 2.24) is 10.0 Å². The first-order chi connectivity index (χ1) is 10.2. The van der Waals surface area contributed by atoms with Crippen molar-refractivity contribution in [3.63, 3.8) is 0 Å². The third-order valence-corrected chi connectivity index (χ3v) is 4.44. The number of hydrogen-bond acceptors (Lipinski definition) is 7. The molecule has 1 aromatic heterocycles. The molecule has 0 aliphatic heterocycles. The summed E-state index contributed by atoms with van der Waals surface area (Å²) in [6.07, 6.45) is 2.76. The summed E-state index contributed by atoms with van der Waals surface area (Å²) in [5.41, 5.74) is 0. The van der Waals surface area contributed by atoms with E-state index in [-0.39, 0.29) is 19.3 Å². The monoisotopic (exact) mass is 328 g/mol. The Morgan fingerprint density at radius 3 is 2.81 bits per heavy atom. The van der Waals surface area contributed by atoms with Crippen LogP contribution in [-0.2, 0) is 19.2 Å². The number of imide groups is 1. The topological polar surface area (TPSA) is 76.6 Å². The summed E-state index contributed by atoms with van der Waals surface area (Å²) in [7, 11) is 2.90. The summed E-state index contributed by atoms with van der Waals surface area (Å²) >= 11 is 0. The van der Waals surface area contributed by atoms with Crippen LogP contribution >= 0.6 is 21.6 Å². The number of rotatable bonds is 8. The van der Waals surface area contributed by atoms with E-state index in [0.717, 1.165) is 5.03 Å². The molecule has 0 unspecified atom stereocenters. The average Bonchev–Trinajstić information content (AvgIpc) is 2.50. The molecule has 0 atom stereocenters. The van der Waals surface area contributed by atoms with Crippen LogP contribution in [0.15, 0.2) is 29.4 Å². The van der Waals surface area contributed by atoms with Crippen molar-refractivity contribution in [2.75, 3.05) is 5.75 Å². The highest BCUT2D eigenvalue weighted by molar-refractivity contribution is 8.76. The predicted octanol–water partition coefficient (Wildman–Crippen LogP) is 2.46. The Bertz CT molecular complexity index is 470. The molecule has 1 heterocycles. The van der Waals surface area contributed by atoms with Crippen LogP contribution in [0.1, 0.15) is 26.2 Å². The number of hydroxylamine groups is 2. The Morgan fingerprint density at radius 2 is 2.19 bits per heavy atom. The molecule has 21 heavy (non-hydrogen) atoms. The molecule has 0 aromatic carbocycles. The van der Waals surface area contributed by atoms with Gasteiger partial charge in [-0.3, -0.25) is 9.59 Å². The molecule has 0 bridgehead atoms.